The van der Waals surface area contributed by atoms with Crippen LogP contribution >= 0.6 is 11.8 Å². The SMILES string of the molecule is Cc1cccc(CSc2nnc(C(C)NC(=O)Nc3ccc(C(C)C)cc3)n2-c2ccc([N+](=O)[O-])cc2)c1. The molecule has 0 aliphatic heterocycles. The van der Waals surface area contributed by atoms with Crippen molar-refractivity contribution in [2.75, 3.05) is 5.32 Å². The molecule has 1 heterocycles. The molecule has 9 nitrogen and oxygen atoms in total. The number of amides is 2. The molecule has 0 aliphatic rings. The molecule has 38 heavy (non-hydrogen) atoms. The molecule has 0 saturated carbocycles. The lowest BCUT2D eigenvalue weighted by Crippen LogP contribution is -2.32. The summed E-state index contributed by atoms with van der Waals surface area (Å²) in [6, 6.07) is 21.3. The van der Waals surface area contributed by atoms with Crippen molar-refractivity contribution in [3.05, 3.63) is 105 Å². The number of nitrogens with one attached hydrogen (secondary N) is 2. The van der Waals surface area contributed by atoms with Crippen LogP contribution in [0.1, 0.15) is 55.2 Å². The Kier molecular flexibility index (Phi) is 8.42. The second-order valence-corrected chi connectivity index (χ2v) is 10.3. The Morgan fingerprint density at radius 3 is 2.37 bits per heavy atom. The van der Waals surface area contributed by atoms with Gasteiger partial charge in [0.1, 0.15) is 0 Å². The van der Waals surface area contributed by atoms with Gasteiger partial charge in [0.2, 0.25) is 0 Å². The molecule has 196 valence electrons. The molecule has 4 aromatic rings. The molecule has 2 N–H and O–H groups in total. The maximum Gasteiger partial charge on any atom is 0.319 e. The number of aromatic nitrogens is 3. The first kappa shape index (κ1) is 26.9. The van der Waals surface area contributed by atoms with E-state index in [2.05, 4.69) is 46.8 Å². The fourth-order valence-electron chi connectivity index (χ4n) is 3.95. The number of aryl methyl sites for hydroxylation is 1. The predicted octanol–water partition coefficient (Wildman–Crippen LogP) is 6.78. The van der Waals surface area contributed by atoms with E-state index in [1.54, 1.807) is 12.1 Å². The molecule has 1 atom stereocenters. The maximum absolute atomic E-state index is 12.8. The number of urea groups is 1. The Bertz CT molecular complexity index is 1420. The highest BCUT2D eigenvalue weighted by molar-refractivity contribution is 7.98. The standard InChI is InChI=1S/C28H30N6O3S/c1-18(2)22-8-10-23(11-9-22)30-27(35)29-20(4)26-31-32-28(38-17-21-7-5-6-19(3)16-21)33(26)24-12-14-25(15-13-24)34(36)37/h5-16,18,20H,17H2,1-4H3,(H2,29,30,35). The van der Waals surface area contributed by atoms with E-state index in [-0.39, 0.29) is 11.7 Å². The number of benzene rings is 3. The quantitative estimate of drug-likeness (QED) is 0.140. The number of nitro benzene ring substituents is 1. The summed E-state index contributed by atoms with van der Waals surface area (Å²) >= 11 is 1.50. The third kappa shape index (κ3) is 6.57. The summed E-state index contributed by atoms with van der Waals surface area (Å²) in [5.41, 5.74) is 4.85. The van der Waals surface area contributed by atoms with Crippen molar-refractivity contribution >= 4 is 29.2 Å². The highest BCUT2D eigenvalue weighted by atomic mass is 32.2. The average molecular weight is 531 g/mol. The number of carbonyl (C=O) groups excluding carboxylic acids is 1. The number of rotatable bonds is 9. The average Bonchev–Trinajstić information content (AvgIpc) is 3.32. The molecule has 0 saturated heterocycles. The lowest BCUT2D eigenvalue weighted by atomic mass is 10.0. The highest BCUT2D eigenvalue weighted by Crippen LogP contribution is 2.29. The van der Waals surface area contributed by atoms with Gasteiger partial charge < -0.3 is 10.6 Å². The minimum absolute atomic E-state index is 0.00799. The second kappa shape index (κ2) is 11.9. The van der Waals surface area contributed by atoms with Crippen LogP contribution in [0.25, 0.3) is 5.69 Å². The van der Waals surface area contributed by atoms with E-state index in [9.17, 15) is 14.9 Å². The molecular formula is C28H30N6O3S. The van der Waals surface area contributed by atoms with Crippen molar-refractivity contribution in [3.8, 4) is 5.69 Å². The van der Waals surface area contributed by atoms with E-state index >= 15 is 0 Å². The van der Waals surface area contributed by atoms with E-state index < -0.39 is 11.0 Å². The van der Waals surface area contributed by atoms with Crippen molar-refractivity contribution in [1.82, 2.24) is 20.1 Å². The van der Waals surface area contributed by atoms with Gasteiger partial charge in [-0.2, -0.15) is 0 Å². The van der Waals surface area contributed by atoms with Gasteiger partial charge in [0, 0.05) is 29.3 Å². The van der Waals surface area contributed by atoms with E-state index in [1.165, 1.54) is 35.0 Å². The van der Waals surface area contributed by atoms with Crippen LogP contribution in [-0.4, -0.2) is 25.7 Å². The van der Waals surface area contributed by atoms with Crippen molar-refractivity contribution in [2.24, 2.45) is 0 Å². The van der Waals surface area contributed by atoms with Crippen molar-refractivity contribution in [1.29, 1.82) is 0 Å². The fourth-order valence-corrected chi connectivity index (χ4v) is 4.85. The van der Waals surface area contributed by atoms with Gasteiger partial charge in [-0.1, -0.05) is 67.6 Å². The minimum atomic E-state index is -0.499. The van der Waals surface area contributed by atoms with Gasteiger partial charge in [0.05, 0.1) is 11.0 Å². The predicted molar refractivity (Wildman–Crippen MR) is 150 cm³/mol. The molecule has 0 fully saturated rings. The number of nitro groups is 1. The van der Waals surface area contributed by atoms with Gasteiger partial charge in [0.25, 0.3) is 5.69 Å². The van der Waals surface area contributed by atoms with Crippen LogP contribution in [0.5, 0.6) is 0 Å². The van der Waals surface area contributed by atoms with Crippen molar-refractivity contribution in [3.63, 3.8) is 0 Å². The Hall–Kier alpha value is -4.18. The summed E-state index contributed by atoms with van der Waals surface area (Å²) in [6.07, 6.45) is 0. The van der Waals surface area contributed by atoms with Gasteiger partial charge in [-0.05, 0) is 55.2 Å². The monoisotopic (exact) mass is 530 g/mol. The van der Waals surface area contributed by atoms with Crippen LogP contribution in [0.15, 0.2) is 78.0 Å². The minimum Gasteiger partial charge on any atom is -0.328 e. The summed E-state index contributed by atoms with van der Waals surface area (Å²) in [4.78, 5) is 23.5. The van der Waals surface area contributed by atoms with E-state index in [0.29, 0.717) is 34.0 Å². The summed E-state index contributed by atoms with van der Waals surface area (Å²) in [5, 5.41) is 26.4. The number of hydrogen-bond donors (Lipinski definition) is 2. The number of carbonyl (C=O) groups is 1. The molecule has 4 rings (SSSR count). The van der Waals surface area contributed by atoms with Gasteiger partial charge in [-0.25, -0.2) is 4.79 Å². The first-order chi connectivity index (χ1) is 18.2. The highest BCUT2D eigenvalue weighted by Gasteiger charge is 2.22. The number of hydrogen-bond acceptors (Lipinski definition) is 6. The molecule has 3 aromatic carbocycles. The molecule has 0 radical (unpaired) electrons. The summed E-state index contributed by atoms with van der Waals surface area (Å²) in [7, 11) is 0. The zero-order valence-corrected chi connectivity index (χ0v) is 22.5. The molecule has 2 amide bonds. The molecular weight excluding hydrogens is 500 g/mol. The normalized spacial score (nSPS) is 11.8. The molecule has 1 aromatic heterocycles. The van der Waals surface area contributed by atoms with E-state index in [4.69, 9.17) is 0 Å². The number of non-ortho nitro benzene ring substituents is 1. The Morgan fingerprint density at radius 1 is 1.03 bits per heavy atom. The zero-order chi connectivity index (χ0) is 27.2. The van der Waals surface area contributed by atoms with Crippen LogP contribution < -0.4 is 10.6 Å². The van der Waals surface area contributed by atoms with Gasteiger partial charge in [-0.15, -0.1) is 10.2 Å². The largest absolute Gasteiger partial charge is 0.328 e. The molecule has 1 unspecified atom stereocenters. The van der Waals surface area contributed by atoms with Crippen LogP contribution in [0.4, 0.5) is 16.2 Å². The van der Waals surface area contributed by atoms with Crippen LogP contribution in [-0.2, 0) is 5.75 Å². The summed E-state index contributed by atoms with van der Waals surface area (Å²) < 4.78 is 1.83. The lowest BCUT2D eigenvalue weighted by molar-refractivity contribution is -0.384. The van der Waals surface area contributed by atoms with E-state index in [1.807, 2.05) is 54.8 Å². The first-order valence-electron chi connectivity index (χ1n) is 12.3. The molecule has 0 spiro atoms. The van der Waals surface area contributed by atoms with Gasteiger partial charge in [0.15, 0.2) is 11.0 Å². The fraction of sp³-hybridized carbons (Fsp3) is 0.250. The maximum atomic E-state index is 12.8. The third-order valence-corrected chi connectivity index (χ3v) is 7.00. The van der Waals surface area contributed by atoms with Crippen LogP contribution in [0.2, 0.25) is 0 Å². The van der Waals surface area contributed by atoms with Crippen LogP contribution in [0, 0.1) is 17.0 Å². The summed E-state index contributed by atoms with van der Waals surface area (Å²) in [6.45, 7) is 8.10. The zero-order valence-electron chi connectivity index (χ0n) is 21.7. The topological polar surface area (TPSA) is 115 Å². The third-order valence-electron chi connectivity index (χ3n) is 6.00. The van der Waals surface area contributed by atoms with Crippen molar-refractivity contribution < 1.29 is 9.72 Å². The Labute approximate surface area is 225 Å². The molecule has 0 aliphatic carbocycles. The summed E-state index contributed by atoms with van der Waals surface area (Å²) in [5.74, 6) is 1.58. The van der Waals surface area contributed by atoms with Crippen LogP contribution in [0.3, 0.4) is 0 Å². The second-order valence-electron chi connectivity index (χ2n) is 9.32. The molecule has 0 bridgehead atoms. The number of nitrogens with zero attached hydrogens (tertiary/aromatic N) is 4. The van der Waals surface area contributed by atoms with Gasteiger partial charge in [-0.3, -0.25) is 14.7 Å². The lowest BCUT2D eigenvalue weighted by Gasteiger charge is -2.17. The first-order valence-corrected chi connectivity index (χ1v) is 13.3. The van der Waals surface area contributed by atoms with Crippen molar-refractivity contribution in [2.45, 2.75) is 50.6 Å². The Balaban J connectivity index is 1.56. The smallest absolute Gasteiger partial charge is 0.319 e. The van der Waals surface area contributed by atoms with E-state index in [0.717, 1.165) is 5.56 Å². The van der Waals surface area contributed by atoms with Gasteiger partial charge >= 0.3 is 6.03 Å². The molecule has 10 heteroatoms. The Morgan fingerprint density at radius 2 is 1.74 bits per heavy atom. The number of thioether (sulfide) groups is 1. The number of anilines is 1.